The molecule has 3 heterocycles. The maximum atomic E-state index is 13.3. The van der Waals surface area contributed by atoms with Gasteiger partial charge in [0.2, 0.25) is 0 Å². The van der Waals surface area contributed by atoms with Crippen LogP contribution in [-0.2, 0) is 12.8 Å². The molecular formula is C22H23Cl2FN2O2. The van der Waals surface area contributed by atoms with E-state index in [1.54, 1.807) is 6.07 Å². The van der Waals surface area contributed by atoms with Gasteiger partial charge in [-0.15, -0.1) is 12.4 Å². The van der Waals surface area contributed by atoms with Gasteiger partial charge in [0.05, 0.1) is 10.7 Å². The summed E-state index contributed by atoms with van der Waals surface area (Å²) in [5.74, 6) is 0.585. The van der Waals surface area contributed by atoms with Gasteiger partial charge in [-0.25, -0.2) is 4.39 Å². The van der Waals surface area contributed by atoms with Crippen molar-refractivity contribution in [3.05, 3.63) is 58.5 Å². The molecule has 0 saturated carbocycles. The third-order valence-corrected chi connectivity index (χ3v) is 6.34. The molecule has 5 rings (SSSR count). The Kier molecular flexibility index (Phi) is 5.74. The van der Waals surface area contributed by atoms with Crippen molar-refractivity contribution in [2.45, 2.75) is 37.7 Å². The predicted octanol–water partition coefficient (Wildman–Crippen LogP) is 5.44. The van der Waals surface area contributed by atoms with Gasteiger partial charge in [-0.05, 0) is 43.1 Å². The van der Waals surface area contributed by atoms with Crippen LogP contribution in [0, 0.1) is 5.82 Å². The Labute approximate surface area is 180 Å². The number of rotatable bonds is 4. The summed E-state index contributed by atoms with van der Waals surface area (Å²) in [6.45, 7) is 3.06. The Morgan fingerprint density at radius 3 is 2.79 bits per heavy atom. The summed E-state index contributed by atoms with van der Waals surface area (Å²) >= 11 is 6.30. The molecule has 29 heavy (non-hydrogen) atoms. The summed E-state index contributed by atoms with van der Waals surface area (Å²) < 4.78 is 24.8. The minimum atomic E-state index is -0.296. The summed E-state index contributed by atoms with van der Waals surface area (Å²) in [5, 5.41) is 5.74. The van der Waals surface area contributed by atoms with Crippen LogP contribution in [0.25, 0.3) is 11.0 Å². The zero-order valence-corrected chi connectivity index (χ0v) is 17.6. The van der Waals surface area contributed by atoms with E-state index in [-0.39, 0.29) is 23.8 Å². The molecule has 0 amide bonds. The largest absolute Gasteiger partial charge is 0.485 e. The fourth-order valence-corrected chi connectivity index (χ4v) is 4.72. The van der Waals surface area contributed by atoms with Crippen molar-refractivity contribution in [2.75, 3.05) is 19.6 Å². The van der Waals surface area contributed by atoms with E-state index >= 15 is 0 Å². The van der Waals surface area contributed by atoms with Crippen molar-refractivity contribution in [3.8, 4) is 5.75 Å². The van der Waals surface area contributed by atoms with Crippen molar-refractivity contribution < 1.29 is 13.7 Å². The van der Waals surface area contributed by atoms with E-state index in [0.29, 0.717) is 5.58 Å². The Hall–Kier alpha value is -1.82. The molecule has 0 atom stereocenters. The van der Waals surface area contributed by atoms with Gasteiger partial charge in [-0.3, -0.25) is 0 Å². The fraction of sp³-hybridized carbons (Fsp3) is 0.409. The van der Waals surface area contributed by atoms with Crippen LogP contribution in [0.5, 0.6) is 5.75 Å². The Bertz CT molecular complexity index is 1020. The van der Waals surface area contributed by atoms with Gasteiger partial charge in [-0.2, -0.15) is 0 Å². The molecule has 1 spiro atoms. The number of hydrogen-bond acceptors (Lipinski definition) is 4. The van der Waals surface area contributed by atoms with Gasteiger partial charge in [0, 0.05) is 43.8 Å². The monoisotopic (exact) mass is 436 g/mol. The third kappa shape index (κ3) is 3.96. The SMILES string of the molecule is Cl.Fc1ccc2c(CCCN3CCC4(CC3)Cc3cccc(Cl)c3O4)noc2c1. The van der Waals surface area contributed by atoms with E-state index < -0.39 is 0 Å². The van der Waals surface area contributed by atoms with Crippen LogP contribution in [0.4, 0.5) is 4.39 Å². The lowest BCUT2D eigenvalue weighted by molar-refractivity contribution is 0.0192. The summed E-state index contributed by atoms with van der Waals surface area (Å²) in [7, 11) is 0. The molecule has 1 saturated heterocycles. The zero-order chi connectivity index (χ0) is 19.1. The van der Waals surface area contributed by atoms with Crippen molar-refractivity contribution in [1.29, 1.82) is 0 Å². The standard InChI is InChI=1S/C22H22ClFN2O2.ClH/c23-18-4-1-3-15-14-22(27-21(15)18)8-11-26(12-9-22)10-2-5-19-17-7-6-16(24)13-20(17)28-25-19;/h1,3-4,6-7,13H,2,5,8-12,14H2;1H. The first-order chi connectivity index (χ1) is 13.6. The average Bonchev–Trinajstić information content (AvgIpc) is 3.25. The second kappa shape index (κ2) is 8.13. The lowest BCUT2D eigenvalue weighted by Crippen LogP contribution is -2.47. The van der Waals surface area contributed by atoms with Gasteiger partial charge < -0.3 is 14.2 Å². The van der Waals surface area contributed by atoms with E-state index in [9.17, 15) is 4.39 Å². The molecule has 7 heteroatoms. The maximum Gasteiger partial charge on any atom is 0.170 e. The van der Waals surface area contributed by atoms with E-state index in [2.05, 4.69) is 16.1 Å². The number of aryl methyl sites for hydroxylation is 1. The highest BCUT2D eigenvalue weighted by Gasteiger charge is 2.42. The molecule has 3 aromatic rings. The number of nitrogens with zero attached hydrogens (tertiary/aromatic N) is 2. The van der Waals surface area contributed by atoms with Crippen LogP contribution >= 0.6 is 24.0 Å². The molecule has 4 nitrogen and oxygen atoms in total. The number of fused-ring (bicyclic) bond motifs is 2. The number of ether oxygens (including phenoxy) is 1. The number of likely N-dealkylation sites (tertiary alicyclic amines) is 1. The first kappa shape index (κ1) is 20.5. The zero-order valence-electron chi connectivity index (χ0n) is 16.0. The number of para-hydroxylation sites is 1. The Morgan fingerprint density at radius 2 is 2.00 bits per heavy atom. The van der Waals surface area contributed by atoms with Crippen LogP contribution in [0.3, 0.4) is 0 Å². The summed E-state index contributed by atoms with van der Waals surface area (Å²) in [5.41, 5.74) is 2.57. The minimum Gasteiger partial charge on any atom is -0.485 e. The molecule has 2 aromatic carbocycles. The second-order valence-electron chi connectivity index (χ2n) is 7.90. The fourth-order valence-electron chi connectivity index (χ4n) is 4.48. The van der Waals surface area contributed by atoms with E-state index in [1.165, 1.54) is 17.7 Å². The topological polar surface area (TPSA) is 38.5 Å². The average molecular weight is 437 g/mol. The number of piperidine rings is 1. The molecule has 154 valence electrons. The van der Waals surface area contributed by atoms with Crippen LogP contribution in [0.1, 0.15) is 30.5 Å². The molecule has 0 radical (unpaired) electrons. The normalized spacial score (nSPS) is 17.9. The van der Waals surface area contributed by atoms with Gasteiger partial charge in [0.15, 0.2) is 5.58 Å². The third-order valence-electron chi connectivity index (χ3n) is 6.04. The Balaban J connectivity index is 0.00000205. The molecular weight excluding hydrogens is 414 g/mol. The maximum absolute atomic E-state index is 13.3. The first-order valence-electron chi connectivity index (χ1n) is 9.85. The van der Waals surface area contributed by atoms with E-state index in [0.717, 1.165) is 73.6 Å². The van der Waals surface area contributed by atoms with Gasteiger partial charge in [-0.1, -0.05) is 28.9 Å². The van der Waals surface area contributed by atoms with Crippen LogP contribution in [0.15, 0.2) is 40.9 Å². The first-order valence-corrected chi connectivity index (χ1v) is 10.2. The van der Waals surface area contributed by atoms with Crippen molar-refractivity contribution >= 4 is 35.0 Å². The number of aromatic nitrogens is 1. The minimum absolute atomic E-state index is 0. The highest BCUT2D eigenvalue weighted by molar-refractivity contribution is 6.32. The summed E-state index contributed by atoms with van der Waals surface area (Å²) in [6.07, 6.45) is 4.82. The molecule has 1 aromatic heterocycles. The highest BCUT2D eigenvalue weighted by atomic mass is 35.5. The summed E-state index contributed by atoms with van der Waals surface area (Å²) in [6, 6.07) is 10.6. The number of benzene rings is 2. The van der Waals surface area contributed by atoms with Gasteiger partial charge in [0.1, 0.15) is 17.2 Å². The number of halogens is 3. The smallest absolute Gasteiger partial charge is 0.170 e. The highest BCUT2D eigenvalue weighted by Crippen LogP contribution is 2.44. The van der Waals surface area contributed by atoms with E-state index in [4.69, 9.17) is 20.9 Å². The molecule has 0 bridgehead atoms. The van der Waals surface area contributed by atoms with Crippen LogP contribution in [0.2, 0.25) is 5.02 Å². The van der Waals surface area contributed by atoms with Gasteiger partial charge >= 0.3 is 0 Å². The number of hydrogen-bond donors (Lipinski definition) is 0. The molecule has 0 aliphatic carbocycles. The molecule has 2 aliphatic heterocycles. The van der Waals surface area contributed by atoms with Crippen molar-refractivity contribution in [2.24, 2.45) is 0 Å². The molecule has 0 N–H and O–H groups in total. The quantitative estimate of drug-likeness (QED) is 0.545. The van der Waals surface area contributed by atoms with Crippen molar-refractivity contribution in [1.82, 2.24) is 10.1 Å². The Morgan fingerprint density at radius 1 is 1.17 bits per heavy atom. The van der Waals surface area contributed by atoms with Crippen LogP contribution < -0.4 is 4.74 Å². The van der Waals surface area contributed by atoms with Crippen molar-refractivity contribution in [3.63, 3.8) is 0 Å². The molecule has 2 aliphatic rings. The van der Waals surface area contributed by atoms with Gasteiger partial charge in [0.25, 0.3) is 0 Å². The molecule has 0 unspecified atom stereocenters. The predicted molar refractivity (Wildman–Crippen MR) is 114 cm³/mol. The van der Waals surface area contributed by atoms with Crippen LogP contribution in [-0.4, -0.2) is 35.3 Å². The van der Waals surface area contributed by atoms with E-state index in [1.807, 2.05) is 12.1 Å². The summed E-state index contributed by atoms with van der Waals surface area (Å²) in [4.78, 5) is 2.49. The lowest BCUT2D eigenvalue weighted by atomic mass is 9.87. The lowest BCUT2D eigenvalue weighted by Gasteiger charge is -2.38. The second-order valence-corrected chi connectivity index (χ2v) is 8.31. The molecule has 1 fully saturated rings.